The van der Waals surface area contributed by atoms with Crippen LogP contribution in [0.1, 0.15) is 18.4 Å². The molecule has 2 fully saturated rings. The van der Waals surface area contributed by atoms with Crippen molar-refractivity contribution in [2.24, 2.45) is 0 Å². The van der Waals surface area contributed by atoms with Crippen molar-refractivity contribution in [1.29, 1.82) is 0 Å². The van der Waals surface area contributed by atoms with Crippen LogP contribution >= 0.6 is 0 Å². The molecule has 3 aliphatic rings. The van der Waals surface area contributed by atoms with Crippen LogP contribution in [0.15, 0.2) is 18.2 Å². The molecule has 7 heteroatoms. The van der Waals surface area contributed by atoms with Gasteiger partial charge in [-0.1, -0.05) is 6.07 Å². The van der Waals surface area contributed by atoms with Crippen LogP contribution in [0, 0.1) is 0 Å². The lowest BCUT2D eigenvalue weighted by Crippen LogP contribution is -2.42. The lowest BCUT2D eigenvalue weighted by atomic mass is 10.1. The number of benzene rings is 1. The summed E-state index contributed by atoms with van der Waals surface area (Å²) >= 11 is 0. The van der Waals surface area contributed by atoms with Crippen molar-refractivity contribution in [1.82, 2.24) is 4.90 Å². The highest BCUT2D eigenvalue weighted by molar-refractivity contribution is 5.81. The average molecular weight is 349 g/mol. The molecule has 0 unspecified atom stereocenters. The van der Waals surface area contributed by atoms with Gasteiger partial charge in [-0.3, -0.25) is 4.79 Å². The Bertz CT molecular complexity index is 610. The van der Waals surface area contributed by atoms with Crippen molar-refractivity contribution in [3.63, 3.8) is 0 Å². The van der Waals surface area contributed by atoms with Gasteiger partial charge in [0.15, 0.2) is 17.8 Å². The minimum absolute atomic E-state index is 0.00788. The van der Waals surface area contributed by atoms with Gasteiger partial charge in [-0.2, -0.15) is 0 Å². The third-order valence-corrected chi connectivity index (χ3v) is 4.56. The highest BCUT2D eigenvalue weighted by Gasteiger charge is 2.31. The van der Waals surface area contributed by atoms with Gasteiger partial charge in [0, 0.05) is 13.2 Å². The van der Waals surface area contributed by atoms with Crippen molar-refractivity contribution in [2.75, 3.05) is 39.6 Å². The number of rotatable bonds is 5. The summed E-state index contributed by atoms with van der Waals surface area (Å²) in [5.74, 6) is 1.46. The predicted octanol–water partition coefficient (Wildman–Crippen LogP) is 1.34. The van der Waals surface area contributed by atoms with E-state index in [4.69, 9.17) is 23.7 Å². The maximum Gasteiger partial charge on any atom is 0.252 e. The van der Waals surface area contributed by atoms with Crippen LogP contribution in [-0.4, -0.2) is 62.8 Å². The van der Waals surface area contributed by atoms with Gasteiger partial charge in [0.2, 0.25) is 0 Å². The third-order valence-electron chi connectivity index (χ3n) is 4.56. The number of carbonyl (C=O) groups is 1. The maximum absolute atomic E-state index is 12.9. The van der Waals surface area contributed by atoms with E-state index in [1.807, 2.05) is 18.2 Å². The van der Waals surface area contributed by atoms with E-state index in [-0.39, 0.29) is 18.3 Å². The topological polar surface area (TPSA) is 66.5 Å². The lowest BCUT2D eigenvalue weighted by Gasteiger charge is -2.28. The third kappa shape index (κ3) is 3.89. The van der Waals surface area contributed by atoms with Crippen LogP contribution in [0.3, 0.4) is 0 Å². The maximum atomic E-state index is 12.9. The molecule has 1 atom stereocenters. The van der Waals surface area contributed by atoms with E-state index >= 15 is 0 Å². The number of nitrogens with zero attached hydrogens (tertiary/aromatic N) is 1. The quantitative estimate of drug-likeness (QED) is 0.799. The van der Waals surface area contributed by atoms with Crippen molar-refractivity contribution < 1.29 is 28.5 Å². The standard InChI is InChI=1S/C18H23NO6/c20-18(15-2-1-5-21-15)19(12-17-24-8-9-25-17)11-13-3-4-14-16(10-13)23-7-6-22-14/h3-4,10,15,17H,1-2,5-9,11-12H2/t15-/m1/s1. The van der Waals surface area contributed by atoms with Crippen LogP contribution in [0.25, 0.3) is 0 Å². The van der Waals surface area contributed by atoms with Crippen LogP contribution in [-0.2, 0) is 25.5 Å². The Morgan fingerprint density at radius 1 is 1.00 bits per heavy atom. The molecule has 1 aromatic rings. The van der Waals surface area contributed by atoms with Gasteiger partial charge < -0.3 is 28.6 Å². The summed E-state index contributed by atoms with van der Waals surface area (Å²) in [6.07, 6.45) is 0.953. The lowest BCUT2D eigenvalue weighted by molar-refractivity contribution is -0.147. The van der Waals surface area contributed by atoms with Gasteiger partial charge in [0.1, 0.15) is 19.3 Å². The smallest absolute Gasteiger partial charge is 0.252 e. The van der Waals surface area contributed by atoms with Crippen molar-refractivity contribution >= 4 is 5.91 Å². The Morgan fingerprint density at radius 2 is 1.80 bits per heavy atom. The Balaban J connectivity index is 1.49. The average Bonchev–Trinajstić information content (AvgIpc) is 3.34. The minimum Gasteiger partial charge on any atom is -0.486 e. The van der Waals surface area contributed by atoms with Gasteiger partial charge in [-0.25, -0.2) is 0 Å². The Morgan fingerprint density at radius 3 is 2.56 bits per heavy atom. The summed E-state index contributed by atoms with van der Waals surface area (Å²) in [7, 11) is 0. The molecule has 0 radical (unpaired) electrons. The zero-order chi connectivity index (χ0) is 17.1. The van der Waals surface area contributed by atoms with Gasteiger partial charge in [-0.15, -0.1) is 0 Å². The molecule has 0 N–H and O–H groups in total. The minimum atomic E-state index is -0.373. The fraction of sp³-hybridized carbons (Fsp3) is 0.611. The number of amides is 1. The SMILES string of the molecule is O=C([C@H]1CCCO1)N(Cc1ccc2c(c1)OCCO2)CC1OCCO1. The van der Waals surface area contributed by atoms with E-state index in [0.717, 1.165) is 29.9 Å². The molecular formula is C18H23NO6. The molecule has 0 aliphatic carbocycles. The summed E-state index contributed by atoms with van der Waals surface area (Å²) in [4.78, 5) is 14.6. The van der Waals surface area contributed by atoms with Gasteiger partial charge in [-0.05, 0) is 30.5 Å². The highest BCUT2D eigenvalue weighted by Crippen LogP contribution is 2.31. The second-order valence-electron chi connectivity index (χ2n) is 6.37. The zero-order valence-electron chi connectivity index (χ0n) is 14.1. The normalized spacial score (nSPS) is 23.0. The molecule has 0 spiro atoms. The van der Waals surface area contributed by atoms with Gasteiger partial charge >= 0.3 is 0 Å². The Hall–Kier alpha value is -1.83. The molecule has 0 bridgehead atoms. The van der Waals surface area contributed by atoms with Crippen LogP contribution < -0.4 is 9.47 Å². The molecule has 4 rings (SSSR count). The second kappa shape index (κ2) is 7.59. The molecule has 3 heterocycles. The number of ether oxygens (including phenoxy) is 5. The molecular weight excluding hydrogens is 326 g/mol. The van der Waals surface area contributed by atoms with Crippen molar-refractivity contribution in [3.05, 3.63) is 23.8 Å². The Labute approximate surface area is 146 Å². The Kier molecular flexibility index (Phi) is 5.05. The molecule has 0 aromatic heterocycles. The van der Waals surface area contributed by atoms with Crippen LogP contribution in [0.5, 0.6) is 11.5 Å². The molecule has 136 valence electrons. The molecule has 0 saturated carbocycles. The molecule has 1 aromatic carbocycles. The van der Waals surface area contributed by atoms with Gasteiger partial charge in [0.25, 0.3) is 5.91 Å². The molecule has 7 nitrogen and oxygen atoms in total. The summed E-state index contributed by atoms with van der Waals surface area (Å²) in [5.41, 5.74) is 0.980. The van der Waals surface area contributed by atoms with Crippen molar-refractivity contribution in [3.8, 4) is 11.5 Å². The first-order valence-corrected chi connectivity index (χ1v) is 8.82. The molecule has 3 aliphatic heterocycles. The fourth-order valence-electron chi connectivity index (χ4n) is 3.31. The van der Waals surface area contributed by atoms with E-state index in [1.54, 1.807) is 4.90 Å². The molecule has 2 saturated heterocycles. The van der Waals surface area contributed by atoms with Gasteiger partial charge in [0.05, 0.1) is 19.8 Å². The first kappa shape index (κ1) is 16.6. The summed E-state index contributed by atoms with van der Waals surface area (Å²) in [5, 5.41) is 0. The van der Waals surface area contributed by atoms with Crippen LogP contribution in [0.2, 0.25) is 0 Å². The van der Waals surface area contributed by atoms with Crippen molar-refractivity contribution in [2.45, 2.75) is 31.8 Å². The monoisotopic (exact) mass is 349 g/mol. The summed E-state index contributed by atoms with van der Waals surface area (Å²) in [6.45, 7) is 3.73. The van der Waals surface area contributed by atoms with Crippen LogP contribution in [0.4, 0.5) is 0 Å². The van der Waals surface area contributed by atoms with E-state index in [2.05, 4.69) is 0 Å². The fourth-order valence-corrected chi connectivity index (χ4v) is 3.31. The first-order chi connectivity index (χ1) is 12.3. The zero-order valence-corrected chi connectivity index (χ0v) is 14.1. The summed E-state index contributed by atoms with van der Waals surface area (Å²) in [6, 6.07) is 5.78. The second-order valence-corrected chi connectivity index (χ2v) is 6.37. The largest absolute Gasteiger partial charge is 0.486 e. The summed E-state index contributed by atoms with van der Waals surface area (Å²) < 4.78 is 27.8. The van der Waals surface area contributed by atoms with E-state index in [0.29, 0.717) is 46.1 Å². The number of fused-ring (bicyclic) bond motifs is 1. The molecule has 25 heavy (non-hydrogen) atoms. The van der Waals surface area contributed by atoms with E-state index < -0.39 is 0 Å². The predicted molar refractivity (Wildman–Crippen MR) is 87.5 cm³/mol. The van der Waals surface area contributed by atoms with E-state index in [1.165, 1.54) is 0 Å². The number of carbonyl (C=O) groups excluding carboxylic acids is 1. The van der Waals surface area contributed by atoms with E-state index in [9.17, 15) is 4.79 Å². The molecule has 1 amide bonds. The number of hydrogen-bond donors (Lipinski definition) is 0. The number of hydrogen-bond acceptors (Lipinski definition) is 6. The highest BCUT2D eigenvalue weighted by atomic mass is 16.7. The first-order valence-electron chi connectivity index (χ1n) is 8.82.